The van der Waals surface area contributed by atoms with Gasteiger partial charge in [0.2, 0.25) is 10.0 Å². The third kappa shape index (κ3) is 5.07. The first-order valence-electron chi connectivity index (χ1n) is 9.90. The highest BCUT2D eigenvalue weighted by Gasteiger charge is 2.44. The Labute approximate surface area is 180 Å². The average molecular weight is 452 g/mol. The summed E-state index contributed by atoms with van der Waals surface area (Å²) in [6, 6.07) is 5.80. The number of aromatic nitrogens is 4. The molecule has 1 saturated carbocycles. The van der Waals surface area contributed by atoms with Crippen LogP contribution >= 0.6 is 0 Å². The van der Waals surface area contributed by atoms with Crippen molar-refractivity contribution in [2.45, 2.75) is 55.0 Å². The van der Waals surface area contributed by atoms with Gasteiger partial charge in [0.15, 0.2) is 5.82 Å². The van der Waals surface area contributed by atoms with Crippen molar-refractivity contribution >= 4 is 22.0 Å². The van der Waals surface area contributed by atoms with E-state index in [1.165, 1.54) is 16.8 Å². The van der Waals surface area contributed by atoms with Gasteiger partial charge in [-0.05, 0) is 35.4 Å². The Bertz CT molecular complexity index is 1000. The van der Waals surface area contributed by atoms with Crippen LogP contribution in [0.2, 0.25) is 0 Å². The standard InChI is InChI=1S/C19H25N5O6S/c1-29-18(25)15(17-20-22-23-24(17)13-9-5-3-6-10-13)16(19(26)30-2)21-31(27,28)14-11-7-4-8-12-14/h4,7-8,11-13,15-16,21H,3,5-6,9-10H2,1-2H3. The van der Waals surface area contributed by atoms with Gasteiger partial charge in [0, 0.05) is 0 Å². The van der Waals surface area contributed by atoms with Crippen molar-refractivity contribution in [1.29, 1.82) is 0 Å². The highest BCUT2D eigenvalue weighted by molar-refractivity contribution is 7.89. The van der Waals surface area contributed by atoms with Gasteiger partial charge >= 0.3 is 11.9 Å². The monoisotopic (exact) mass is 451 g/mol. The Kier molecular flexibility index (Phi) is 7.33. The van der Waals surface area contributed by atoms with Crippen LogP contribution in [0.25, 0.3) is 0 Å². The van der Waals surface area contributed by atoms with Crippen molar-refractivity contribution in [1.82, 2.24) is 24.9 Å². The molecule has 0 radical (unpaired) electrons. The lowest BCUT2D eigenvalue weighted by Gasteiger charge is -2.27. The molecule has 1 aromatic heterocycles. The van der Waals surface area contributed by atoms with Gasteiger partial charge in [0.05, 0.1) is 25.2 Å². The van der Waals surface area contributed by atoms with Crippen LogP contribution in [0.3, 0.4) is 0 Å². The molecule has 0 amide bonds. The summed E-state index contributed by atoms with van der Waals surface area (Å²) in [5.74, 6) is -3.22. The van der Waals surface area contributed by atoms with Crippen LogP contribution in [0.5, 0.6) is 0 Å². The first kappa shape index (κ1) is 22.8. The fourth-order valence-corrected chi connectivity index (χ4v) is 4.94. The topological polar surface area (TPSA) is 142 Å². The van der Waals surface area contributed by atoms with E-state index in [1.807, 2.05) is 0 Å². The van der Waals surface area contributed by atoms with Crippen LogP contribution in [0.4, 0.5) is 0 Å². The summed E-state index contributed by atoms with van der Waals surface area (Å²) in [7, 11) is -1.92. The predicted molar refractivity (Wildman–Crippen MR) is 107 cm³/mol. The molecule has 2 atom stereocenters. The summed E-state index contributed by atoms with van der Waals surface area (Å²) in [5, 5.41) is 11.7. The quantitative estimate of drug-likeness (QED) is 0.580. The third-order valence-electron chi connectivity index (χ3n) is 5.30. The molecule has 2 unspecified atom stereocenters. The number of benzene rings is 1. The van der Waals surface area contributed by atoms with E-state index in [0.29, 0.717) is 0 Å². The van der Waals surface area contributed by atoms with E-state index in [9.17, 15) is 18.0 Å². The molecular weight excluding hydrogens is 426 g/mol. The number of sulfonamides is 1. The number of carbonyl (C=O) groups excluding carboxylic acids is 2. The zero-order valence-electron chi connectivity index (χ0n) is 17.3. The summed E-state index contributed by atoms with van der Waals surface area (Å²) in [4.78, 5) is 25.3. The van der Waals surface area contributed by atoms with Gasteiger partial charge < -0.3 is 9.47 Å². The maximum absolute atomic E-state index is 12.9. The molecule has 1 heterocycles. The molecule has 0 aliphatic heterocycles. The lowest BCUT2D eigenvalue weighted by atomic mass is 9.94. The van der Waals surface area contributed by atoms with E-state index >= 15 is 0 Å². The Morgan fingerprint density at radius 1 is 1.06 bits per heavy atom. The molecule has 168 valence electrons. The Hall–Kier alpha value is -2.86. The number of nitrogens with one attached hydrogen (secondary N) is 1. The van der Waals surface area contributed by atoms with E-state index in [1.54, 1.807) is 18.2 Å². The largest absolute Gasteiger partial charge is 0.468 e. The lowest BCUT2D eigenvalue weighted by molar-refractivity contribution is -0.151. The number of hydrogen-bond donors (Lipinski definition) is 1. The van der Waals surface area contributed by atoms with Gasteiger partial charge in [0.25, 0.3) is 0 Å². The second-order valence-corrected chi connectivity index (χ2v) is 8.92. The number of ether oxygens (including phenoxy) is 2. The summed E-state index contributed by atoms with van der Waals surface area (Å²) in [6.45, 7) is 0. The van der Waals surface area contributed by atoms with E-state index < -0.39 is 33.9 Å². The second-order valence-electron chi connectivity index (χ2n) is 7.21. The molecule has 1 aromatic carbocycles. The van der Waals surface area contributed by atoms with Crippen molar-refractivity contribution in [2.75, 3.05) is 14.2 Å². The summed E-state index contributed by atoms with van der Waals surface area (Å²) < 4.78 is 39.3. The van der Waals surface area contributed by atoms with Crippen molar-refractivity contribution < 1.29 is 27.5 Å². The molecule has 2 aromatic rings. The molecule has 1 N–H and O–H groups in total. The van der Waals surface area contributed by atoms with Gasteiger partial charge in [-0.1, -0.05) is 37.5 Å². The number of rotatable bonds is 8. The van der Waals surface area contributed by atoms with Crippen molar-refractivity contribution in [2.24, 2.45) is 0 Å². The summed E-state index contributed by atoms with van der Waals surface area (Å²) in [5.41, 5.74) is 0. The SMILES string of the molecule is COC(=O)C(NS(=O)(=O)c1ccccc1)C(C(=O)OC)c1nnnn1C1CCCCC1. The van der Waals surface area contributed by atoms with Gasteiger partial charge in [-0.15, -0.1) is 5.10 Å². The maximum atomic E-state index is 12.9. The molecule has 1 aliphatic rings. The van der Waals surface area contributed by atoms with Gasteiger partial charge in [-0.25, -0.2) is 13.1 Å². The number of tetrazole rings is 1. The minimum atomic E-state index is -4.17. The molecule has 1 aliphatic carbocycles. The first-order valence-corrected chi connectivity index (χ1v) is 11.4. The molecule has 1 fully saturated rings. The van der Waals surface area contributed by atoms with E-state index in [-0.39, 0.29) is 16.8 Å². The second kappa shape index (κ2) is 9.96. The van der Waals surface area contributed by atoms with Gasteiger partial charge in [-0.2, -0.15) is 4.72 Å². The number of hydrogen-bond acceptors (Lipinski definition) is 9. The molecular formula is C19H25N5O6S. The minimum absolute atomic E-state index is 0.0462. The lowest BCUT2D eigenvalue weighted by Crippen LogP contribution is -2.49. The van der Waals surface area contributed by atoms with Crippen LogP contribution in [-0.2, 0) is 29.1 Å². The molecule has 12 heteroatoms. The highest BCUT2D eigenvalue weighted by Crippen LogP contribution is 2.31. The highest BCUT2D eigenvalue weighted by atomic mass is 32.2. The smallest absolute Gasteiger partial charge is 0.325 e. The normalized spacial score (nSPS) is 17.0. The average Bonchev–Trinajstić information content (AvgIpc) is 3.28. The minimum Gasteiger partial charge on any atom is -0.468 e. The van der Waals surface area contributed by atoms with E-state index in [2.05, 4.69) is 20.2 Å². The number of esters is 2. The van der Waals surface area contributed by atoms with Crippen molar-refractivity contribution in [3.8, 4) is 0 Å². The van der Waals surface area contributed by atoms with Crippen LogP contribution in [0.1, 0.15) is 49.9 Å². The van der Waals surface area contributed by atoms with Crippen LogP contribution in [0, 0.1) is 0 Å². The van der Waals surface area contributed by atoms with Crippen LogP contribution in [0.15, 0.2) is 35.2 Å². The van der Waals surface area contributed by atoms with Crippen LogP contribution < -0.4 is 4.72 Å². The predicted octanol–water partition coefficient (Wildman–Crippen LogP) is 0.955. The third-order valence-corrected chi connectivity index (χ3v) is 6.75. The fraction of sp³-hybridized carbons (Fsp3) is 0.526. The first-order chi connectivity index (χ1) is 14.9. The molecule has 3 rings (SSSR count). The number of methoxy groups -OCH3 is 2. The number of nitrogens with zero attached hydrogens (tertiary/aromatic N) is 4. The molecule has 0 bridgehead atoms. The molecule has 0 saturated heterocycles. The Morgan fingerprint density at radius 2 is 1.71 bits per heavy atom. The fourth-order valence-electron chi connectivity index (χ4n) is 3.72. The Morgan fingerprint density at radius 3 is 2.32 bits per heavy atom. The molecule has 0 spiro atoms. The molecule has 11 nitrogen and oxygen atoms in total. The van der Waals surface area contributed by atoms with E-state index in [0.717, 1.165) is 46.3 Å². The Balaban J connectivity index is 2.03. The van der Waals surface area contributed by atoms with Gasteiger partial charge in [0.1, 0.15) is 12.0 Å². The van der Waals surface area contributed by atoms with E-state index in [4.69, 9.17) is 9.47 Å². The van der Waals surface area contributed by atoms with Crippen molar-refractivity contribution in [3.05, 3.63) is 36.2 Å². The zero-order chi connectivity index (χ0) is 22.4. The maximum Gasteiger partial charge on any atom is 0.325 e. The van der Waals surface area contributed by atoms with Gasteiger partial charge in [-0.3, -0.25) is 9.59 Å². The summed E-state index contributed by atoms with van der Waals surface area (Å²) in [6.07, 6.45) is 4.67. The van der Waals surface area contributed by atoms with Crippen molar-refractivity contribution in [3.63, 3.8) is 0 Å². The van der Waals surface area contributed by atoms with Crippen LogP contribution in [-0.4, -0.2) is 60.8 Å². The number of carbonyl (C=O) groups is 2. The molecule has 31 heavy (non-hydrogen) atoms. The zero-order valence-corrected chi connectivity index (χ0v) is 18.1. The summed E-state index contributed by atoms with van der Waals surface area (Å²) >= 11 is 0.